The van der Waals surface area contributed by atoms with Crippen LogP contribution in [0.25, 0.3) is 11.3 Å². The van der Waals surface area contributed by atoms with Crippen molar-refractivity contribution in [3.8, 4) is 11.3 Å². The lowest BCUT2D eigenvalue weighted by Crippen LogP contribution is -2.44. The van der Waals surface area contributed by atoms with Crippen molar-refractivity contribution in [1.82, 2.24) is 19.9 Å². The molecule has 1 aromatic carbocycles. The van der Waals surface area contributed by atoms with Gasteiger partial charge in [-0.3, -0.25) is 9.78 Å². The number of carbonyl (C=O) groups is 1. The number of benzene rings is 1. The van der Waals surface area contributed by atoms with Crippen LogP contribution in [0.3, 0.4) is 0 Å². The van der Waals surface area contributed by atoms with E-state index in [4.69, 9.17) is 20.4 Å². The first-order valence-corrected chi connectivity index (χ1v) is 12.8. The molecule has 4 heterocycles. The van der Waals surface area contributed by atoms with Crippen LogP contribution in [0.2, 0.25) is 0 Å². The van der Waals surface area contributed by atoms with E-state index in [1.165, 1.54) is 5.69 Å². The Morgan fingerprint density at radius 1 is 1.03 bits per heavy atom. The largest absolute Gasteiger partial charge is 0.381 e. The van der Waals surface area contributed by atoms with Crippen molar-refractivity contribution in [3.63, 3.8) is 0 Å². The van der Waals surface area contributed by atoms with Gasteiger partial charge in [0.1, 0.15) is 5.69 Å². The molecule has 37 heavy (non-hydrogen) atoms. The third kappa shape index (κ3) is 5.98. The van der Waals surface area contributed by atoms with E-state index < -0.39 is 5.91 Å². The number of anilines is 4. The Hall–Kier alpha value is -3.76. The summed E-state index contributed by atoms with van der Waals surface area (Å²) >= 11 is 0. The lowest BCUT2D eigenvalue weighted by molar-refractivity contribution is 0.0904. The number of amides is 1. The highest BCUT2D eigenvalue weighted by Crippen LogP contribution is 2.31. The zero-order chi connectivity index (χ0) is 25.8. The van der Waals surface area contributed by atoms with Crippen LogP contribution < -0.4 is 21.3 Å². The van der Waals surface area contributed by atoms with E-state index in [2.05, 4.69) is 44.6 Å². The van der Waals surface area contributed by atoms with Crippen molar-refractivity contribution < 1.29 is 9.53 Å². The van der Waals surface area contributed by atoms with Gasteiger partial charge in [-0.1, -0.05) is 0 Å². The first kappa shape index (κ1) is 24.9. The summed E-state index contributed by atoms with van der Waals surface area (Å²) in [5.74, 6) is 0.275. The maximum atomic E-state index is 12.5. The van der Waals surface area contributed by atoms with Crippen LogP contribution in [0.5, 0.6) is 0 Å². The molecule has 194 valence electrons. The molecule has 10 heteroatoms. The molecule has 3 aromatic rings. The molecule has 2 fully saturated rings. The number of likely N-dealkylation sites (N-methyl/N-ethyl adjacent to an activating group) is 1. The van der Waals surface area contributed by atoms with E-state index in [0.29, 0.717) is 30.5 Å². The van der Waals surface area contributed by atoms with Gasteiger partial charge in [-0.15, -0.1) is 0 Å². The number of nitrogens with one attached hydrogen (secondary N) is 2. The number of hydrogen-bond donors (Lipinski definition) is 3. The first-order valence-electron chi connectivity index (χ1n) is 12.8. The molecule has 2 aromatic heterocycles. The number of rotatable bonds is 7. The molecule has 0 atom stereocenters. The monoisotopic (exact) mass is 502 g/mol. The second-order valence-electron chi connectivity index (χ2n) is 9.66. The van der Waals surface area contributed by atoms with Gasteiger partial charge in [-0.25, -0.2) is 9.97 Å². The number of hydrogen-bond acceptors (Lipinski definition) is 9. The quantitative estimate of drug-likeness (QED) is 0.447. The molecule has 0 aliphatic carbocycles. The molecule has 0 spiro atoms. The van der Waals surface area contributed by atoms with Gasteiger partial charge in [0, 0.05) is 74.3 Å². The predicted octanol–water partition coefficient (Wildman–Crippen LogP) is 3.03. The van der Waals surface area contributed by atoms with Crippen molar-refractivity contribution in [3.05, 3.63) is 54.0 Å². The fourth-order valence-electron chi connectivity index (χ4n) is 4.68. The molecule has 0 saturated carbocycles. The number of aromatic nitrogens is 3. The molecule has 2 aliphatic heterocycles. The van der Waals surface area contributed by atoms with Crippen LogP contribution in [0, 0.1) is 6.92 Å². The zero-order valence-electron chi connectivity index (χ0n) is 21.4. The van der Waals surface area contributed by atoms with E-state index >= 15 is 0 Å². The molecular formula is C27H34N8O2. The molecule has 5 rings (SSSR count). The molecule has 1 amide bonds. The van der Waals surface area contributed by atoms with Gasteiger partial charge in [-0.2, -0.15) is 0 Å². The highest BCUT2D eigenvalue weighted by molar-refractivity contribution is 5.97. The summed E-state index contributed by atoms with van der Waals surface area (Å²) in [7, 11) is 2.15. The Bertz CT molecular complexity index is 1240. The van der Waals surface area contributed by atoms with Gasteiger partial charge >= 0.3 is 0 Å². The summed E-state index contributed by atoms with van der Waals surface area (Å²) in [6.45, 7) is 7.39. The minimum Gasteiger partial charge on any atom is -0.381 e. The Labute approximate surface area is 217 Å². The molecule has 0 bridgehead atoms. The standard InChI is InChI=1S/C27H34N8O2/c1-18-17-19(7-10-29-18)23-26(31-21-8-15-37-16-9-21)33-27(24(32-23)25(28)36)30-20-3-5-22(6-4-20)35-13-11-34(2)12-14-35/h3-7,10,17,21H,8-9,11-16H2,1-2H3,(H2,28,36)(H2,30,31,33). The highest BCUT2D eigenvalue weighted by Gasteiger charge is 2.23. The van der Waals surface area contributed by atoms with Crippen molar-refractivity contribution in [2.75, 3.05) is 62.0 Å². The van der Waals surface area contributed by atoms with Crippen molar-refractivity contribution in [1.29, 1.82) is 0 Å². The fourth-order valence-corrected chi connectivity index (χ4v) is 4.68. The van der Waals surface area contributed by atoms with E-state index in [1.54, 1.807) is 6.20 Å². The third-order valence-electron chi connectivity index (χ3n) is 6.86. The van der Waals surface area contributed by atoms with E-state index in [9.17, 15) is 4.79 Å². The Morgan fingerprint density at radius 3 is 2.43 bits per heavy atom. The molecule has 4 N–H and O–H groups in total. The molecular weight excluding hydrogens is 468 g/mol. The summed E-state index contributed by atoms with van der Waals surface area (Å²) in [5.41, 5.74) is 10.1. The average molecular weight is 503 g/mol. The molecule has 2 saturated heterocycles. The third-order valence-corrected chi connectivity index (χ3v) is 6.86. The van der Waals surface area contributed by atoms with Crippen molar-refractivity contribution >= 4 is 28.9 Å². The minimum absolute atomic E-state index is 0.0881. The average Bonchev–Trinajstić information content (AvgIpc) is 2.90. The van der Waals surface area contributed by atoms with E-state index in [1.807, 2.05) is 31.2 Å². The fraction of sp³-hybridized carbons (Fsp3) is 0.407. The summed E-state index contributed by atoms with van der Waals surface area (Å²) < 4.78 is 5.52. The maximum Gasteiger partial charge on any atom is 0.271 e. The molecule has 10 nitrogen and oxygen atoms in total. The van der Waals surface area contributed by atoms with Crippen LogP contribution in [0.1, 0.15) is 29.0 Å². The Balaban J connectivity index is 1.46. The predicted molar refractivity (Wildman–Crippen MR) is 145 cm³/mol. The van der Waals surface area contributed by atoms with Crippen LogP contribution in [0.4, 0.5) is 23.0 Å². The van der Waals surface area contributed by atoms with Crippen LogP contribution in [-0.4, -0.2) is 78.2 Å². The smallest absolute Gasteiger partial charge is 0.271 e. The van der Waals surface area contributed by atoms with Gasteiger partial charge in [0.05, 0.1) is 0 Å². The second-order valence-corrected chi connectivity index (χ2v) is 9.66. The van der Waals surface area contributed by atoms with Crippen LogP contribution in [0.15, 0.2) is 42.6 Å². The summed E-state index contributed by atoms with van der Waals surface area (Å²) in [6.07, 6.45) is 3.46. The number of primary amides is 1. The normalized spacial score (nSPS) is 17.0. The molecule has 2 aliphatic rings. The van der Waals surface area contributed by atoms with Gasteiger partial charge in [0.25, 0.3) is 5.91 Å². The van der Waals surface area contributed by atoms with Crippen molar-refractivity contribution in [2.24, 2.45) is 5.73 Å². The number of carbonyl (C=O) groups excluding carboxylic acids is 1. The summed E-state index contributed by atoms with van der Waals surface area (Å²) in [5, 5.41) is 6.82. The maximum absolute atomic E-state index is 12.5. The number of ether oxygens (including phenoxy) is 1. The summed E-state index contributed by atoms with van der Waals surface area (Å²) in [4.78, 5) is 31.0. The summed E-state index contributed by atoms with van der Waals surface area (Å²) in [6, 6.07) is 12.1. The molecule has 0 unspecified atom stereocenters. The number of pyridine rings is 1. The van der Waals surface area contributed by atoms with Crippen molar-refractivity contribution in [2.45, 2.75) is 25.8 Å². The number of aryl methyl sites for hydroxylation is 1. The van der Waals surface area contributed by atoms with Crippen LogP contribution >= 0.6 is 0 Å². The molecule has 0 radical (unpaired) electrons. The van der Waals surface area contributed by atoms with Gasteiger partial charge < -0.3 is 30.9 Å². The Morgan fingerprint density at radius 2 is 1.76 bits per heavy atom. The minimum atomic E-state index is -0.645. The Kier molecular flexibility index (Phi) is 7.47. The zero-order valence-corrected chi connectivity index (χ0v) is 21.4. The number of piperazine rings is 1. The van der Waals surface area contributed by atoms with Gasteiger partial charge in [0.2, 0.25) is 0 Å². The highest BCUT2D eigenvalue weighted by atomic mass is 16.5. The number of nitrogens with two attached hydrogens (primary N) is 1. The lowest BCUT2D eigenvalue weighted by Gasteiger charge is -2.34. The van der Waals surface area contributed by atoms with Gasteiger partial charge in [-0.05, 0) is 63.2 Å². The van der Waals surface area contributed by atoms with E-state index in [0.717, 1.165) is 56.0 Å². The van der Waals surface area contributed by atoms with E-state index in [-0.39, 0.29) is 11.7 Å². The first-order chi connectivity index (χ1) is 18.0. The number of nitrogens with zero attached hydrogens (tertiary/aromatic N) is 5. The lowest BCUT2D eigenvalue weighted by atomic mass is 10.1. The SMILES string of the molecule is Cc1cc(-c2nc(C(N)=O)c(Nc3ccc(N4CCN(C)CC4)cc3)nc2NC2CCOCC2)ccn1. The second kappa shape index (κ2) is 11.1. The van der Waals surface area contributed by atoms with Crippen LogP contribution in [-0.2, 0) is 4.74 Å². The van der Waals surface area contributed by atoms with Gasteiger partial charge in [0.15, 0.2) is 17.3 Å². The topological polar surface area (TPSA) is 122 Å².